The van der Waals surface area contributed by atoms with Crippen molar-refractivity contribution in [3.05, 3.63) is 46.8 Å². The van der Waals surface area contributed by atoms with Gasteiger partial charge in [-0.25, -0.2) is 0 Å². The van der Waals surface area contributed by atoms with Gasteiger partial charge >= 0.3 is 0 Å². The number of carbonyl (C=O) groups is 1. The average molecular weight is 1090 g/mol. The molecule has 14 N–H and O–H groups in total. The van der Waals surface area contributed by atoms with Crippen molar-refractivity contribution in [1.29, 1.82) is 0 Å². The Morgan fingerprint density at radius 3 is 2.37 bits per heavy atom. The molecule has 0 aromatic rings. The molecule has 0 amide bonds. The highest BCUT2D eigenvalue weighted by Crippen LogP contribution is 2.77. The molecule has 11 rings (SSSR count). The molecule has 0 bridgehead atoms. The Labute approximate surface area is 464 Å². The first-order chi connectivity index (χ1) is 37.2. The van der Waals surface area contributed by atoms with Crippen molar-refractivity contribution in [1.82, 2.24) is 16.0 Å². The normalized spacial score (nSPS) is 47.7. The van der Waals surface area contributed by atoms with Gasteiger partial charge in [-0.3, -0.25) is 4.79 Å². The molecule has 11 aliphatic rings. The van der Waals surface area contributed by atoms with Crippen LogP contribution in [0.15, 0.2) is 46.8 Å². The quantitative estimate of drug-likeness (QED) is 0.0941. The molecule has 438 valence electrons. The first-order valence-corrected chi connectivity index (χ1v) is 31.5. The van der Waals surface area contributed by atoms with Crippen LogP contribution in [-0.2, 0) is 9.53 Å². The molecule has 1 saturated heterocycles. The van der Waals surface area contributed by atoms with Crippen LogP contribution in [0.5, 0.6) is 0 Å². The number of ether oxygens (including phenoxy) is 1. The molecule has 15 heteroatoms. The molecule has 0 aromatic carbocycles. The smallest absolute Gasteiger partial charge is 0.182 e. The van der Waals surface area contributed by atoms with Crippen LogP contribution in [0.4, 0.5) is 0 Å². The fourth-order valence-corrected chi connectivity index (χ4v) is 20.4. The molecule has 78 heavy (non-hydrogen) atoms. The number of hydrogen-bond donors (Lipinski definition) is 13. The summed E-state index contributed by atoms with van der Waals surface area (Å²) in [5.74, 6) is -3.12. The van der Waals surface area contributed by atoms with E-state index in [1.165, 1.54) is 25.7 Å². The number of hydrogen-bond acceptors (Lipinski definition) is 15. The van der Waals surface area contributed by atoms with E-state index < -0.39 is 99.5 Å². The lowest BCUT2D eigenvalue weighted by atomic mass is 9.37. The zero-order valence-electron chi connectivity index (χ0n) is 47.3. The molecule has 2 heterocycles. The highest BCUT2D eigenvalue weighted by atomic mass is 16.5. The number of aliphatic hydroxyl groups excluding tert-OH is 5. The molecule has 0 radical (unpaired) electrons. The standard InChI is InChI=1S/C63H100N4O11/c1-4-9-37-16-20-43-49(22-17-37)78-57-52(43)46(70)13-7-26-63(57,77)58(3,74)50-25-28-62(76)53-54(66-33-36(2)69)55(73)44-30-47(71)48(72)32-59(44)31-39(42-21-23-51(64)67-45(42)12-8-29-68)24-27-60(75,56(53)59)35-61(50,62)40-18-14-38(15-19-40)34-65-41-10-5-6-11-41/h21,23-24,27,36-41,43-44,46-52,56-57,65-72,74-77H,4-20,22,25-26,28-35,64H2,1-3H3/t36-,37+,38?,39-,40?,43+,44-,46+,47+,48-,49+,50+,51?,52+,56-,57+,58+,59-,60+,61-,62+,63+/m0/s1. The van der Waals surface area contributed by atoms with E-state index in [4.69, 9.17) is 10.5 Å². The maximum Gasteiger partial charge on any atom is 0.182 e. The van der Waals surface area contributed by atoms with Crippen LogP contribution in [-0.4, -0.2) is 143 Å². The van der Waals surface area contributed by atoms with Gasteiger partial charge in [-0.05, 0) is 201 Å². The van der Waals surface area contributed by atoms with Gasteiger partial charge in [-0.15, -0.1) is 0 Å². The summed E-state index contributed by atoms with van der Waals surface area (Å²) in [5, 5.41) is 126. The highest BCUT2D eigenvalue weighted by Gasteiger charge is 2.80. The number of aliphatic hydroxyl groups is 9. The molecule has 2 aliphatic heterocycles. The number of nitrogens with two attached hydrogens (primary N) is 1. The number of rotatable bonds is 15. The Morgan fingerprint density at radius 1 is 0.897 bits per heavy atom. The minimum atomic E-state index is -1.94. The summed E-state index contributed by atoms with van der Waals surface area (Å²) in [6.07, 6.45) is 18.9. The van der Waals surface area contributed by atoms with Gasteiger partial charge in [-0.1, -0.05) is 57.3 Å². The lowest BCUT2D eigenvalue weighted by Crippen LogP contribution is -2.74. The fraction of sp³-hybridized carbons (Fsp3) is 0.857. The summed E-state index contributed by atoms with van der Waals surface area (Å²) in [6, 6.07) is 0.513. The Balaban J connectivity index is 1.09. The maximum absolute atomic E-state index is 16.1. The zero-order chi connectivity index (χ0) is 55.2. The molecule has 15 nitrogen and oxygen atoms in total. The zero-order valence-corrected chi connectivity index (χ0v) is 47.3. The second-order valence-corrected chi connectivity index (χ2v) is 28.1. The topological polar surface area (TPSA) is 270 Å². The van der Waals surface area contributed by atoms with E-state index in [1.807, 2.05) is 24.3 Å². The third-order valence-electron chi connectivity index (χ3n) is 23.8. The van der Waals surface area contributed by atoms with Crippen LogP contribution in [0.3, 0.4) is 0 Å². The van der Waals surface area contributed by atoms with Crippen LogP contribution in [0.25, 0.3) is 0 Å². The predicted molar refractivity (Wildman–Crippen MR) is 297 cm³/mol. The van der Waals surface area contributed by atoms with Crippen LogP contribution >= 0.6 is 0 Å². The number of ketones is 1. The highest BCUT2D eigenvalue weighted by molar-refractivity contribution is 6.00. The van der Waals surface area contributed by atoms with E-state index in [9.17, 15) is 46.0 Å². The summed E-state index contributed by atoms with van der Waals surface area (Å²) in [4.78, 5) is 16.1. The minimum absolute atomic E-state index is 0.00244. The Kier molecular flexibility index (Phi) is 16.3. The number of Topliss-reactive ketones (excluding diaryl/α,β-unsaturated/α-hetero) is 1. The number of carbonyl (C=O) groups excluding carboxylic acids is 1. The lowest BCUT2D eigenvalue weighted by molar-refractivity contribution is -0.276. The van der Waals surface area contributed by atoms with Crippen molar-refractivity contribution in [2.75, 3.05) is 19.7 Å². The van der Waals surface area contributed by atoms with E-state index >= 15 is 4.79 Å². The van der Waals surface area contributed by atoms with Crippen molar-refractivity contribution in [3.63, 3.8) is 0 Å². The largest absolute Gasteiger partial charge is 0.396 e. The predicted octanol–water partition coefficient (Wildman–Crippen LogP) is 5.19. The van der Waals surface area contributed by atoms with E-state index in [2.05, 4.69) is 22.9 Å². The van der Waals surface area contributed by atoms with E-state index in [0.717, 1.165) is 69.2 Å². The summed E-state index contributed by atoms with van der Waals surface area (Å²) in [7, 11) is 0. The molecule has 7 saturated carbocycles. The number of fused-ring (bicyclic) bond motifs is 5. The van der Waals surface area contributed by atoms with Crippen molar-refractivity contribution in [2.24, 2.45) is 69.8 Å². The fourth-order valence-electron chi connectivity index (χ4n) is 20.4. The van der Waals surface area contributed by atoms with Crippen LogP contribution < -0.4 is 21.7 Å². The summed E-state index contributed by atoms with van der Waals surface area (Å²) in [5.41, 5.74) is -1.28. The van der Waals surface area contributed by atoms with Gasteiger partial charge in [0.15, 0.2) is 5.78 Å². The second-order valence-electron chi connectivity index (χ2n) is 28.1. The van der Waals surface area contributed by atoms with Gasteiger partial charge < -0.3 is 72.4 Å². The van der Waals surface area contributed by atoms with Gasteiger partial charge in [0.25, 0.3) is 0 Å². The Morgan fingerprint density at radius 2 is 1.64 bits per heavy atom. The Bertz CT molecular complexity index is 2310. The van der Waals surface area contributed by atoms with Gasteiger partial charge in [0.1, 0.15) is 5.60 Å². The SMILES string of the molecule is CCC[C@@H]1CC[C@H]2[C@@H]3[C@H](O)CCC[C@](O)([C@](C)(O)[C@H]4CC[C@@]5(O)C6=C(NC[C@H](C)O)C(=O)[C@@H]7C[C@@H](O)[C@@H](O)C[C@@]78C[C@@H](C7=C(CCCO)NC(N)C=C7)C=C[C@@](O)(C[C@]45C4CCC(CNC5CCCC5)CC4)[C@@H]68)[C@@H]3O[C@@H]2CC1. The number of allylic oxidation sites excluding steroid dienone is 5. The monoisotopic (exact) mass is 1090 g/mol. The number of nitrogens with one attached hydrogen (secondary N) is 3. The number of dihydropyridines is 1. The van der Waals surface area contributed by atoms with Crippen molar-refractivity contribution in [3.8, 4) is 0 Å². The van der Waals surface area contributed by atoms with Crippen molar-refractivity contribution in [2.45, 2.75) is 253 Å². The van der Waals surface area contributed by atoms with Gasteiger partial charge in [0.2, 0.25) is 0 Å². The summed E-state index contributed by atoms with van der Waals surface area (Å²) >= 11 is 0. The van der Waals surface area contributed by atoms with Crippen LogP contribution in [0.2, 0.25) is 0 Å². The van der Waals surface area contributed by atoms with Gasteiger partial charge in [0.05, 0.1) is 65.3 Å². The second kappa shape index (κ2) is 22.1. The third kappa shape index (κ3) is 9.40. The molecule has 1 spiro atoms. The van der Waals surface area contributed by atoms with E-state index in [-0.39, 0.29) is 87.5 Å². The first kappa shape index (κ1) is 57.6. The molecule has 1 unspecified atom stereocenters. The van der Waals surface area contributed by atoms with Crippen LogP contribution in [0.1, 0.15) is 181 Å². The van der Waals surface area contributed by atoms with Crippen molar-refractivity contribution < 1.29 is 55.5 Å². The van der Waals surface area contributed by atoms with E-state index in [1.54, 1.807) is 13.8 Å². The molecule has 9 aliphatic carbocycles. The maximum atomic E-state index is 16.1. The Hall–Kier alpha value is -2.25. The lowest BCUT2D eigenvalue weighted by Gasteiger charge is -2.69. The molecule has 20 atom stereocenters. The molecule has 8 fully saturated rings. The molecule has 0 aromatic heterocycles. The van der Waals surface area contributed by atoms with E-state index in [0.29, 0.717) is 62.0 Å². The van der Waals surface area contributed by atoms with Gasteiger partial charge in [0, 0.05) is 54.0 Å². The molecular formula is C63H100N4O11. The third-order valence-corrected chi connectivity index (χ3v) is 23.8. The molecular weight excluding hydrogens is 989 g/mol. The summed E-state index contributed by atoms with van der Waals surface area (Å²) in [6.45, 7) is 6.47. The first-order valence-electron chi connectivity index (χ1n) is 31.5. The van der Waals surface area contributed by atoms with Crippen LogP contribution in [0, 0.1) is 64.1 Å². The van der Waals surface area contributed by atoms with Gasteiger partial charge in [-0.2, -0.15) is 0 Å². The minimum Gasteiger partial charge on any atom is -0.396 e. The average Bonchev–Trinajstić information content (AvgIpc) is 1.76. The summed E-state index contributed by atoms with van der Waals surface area (Å²) < 4.78 is 7.20. The van der Waals surface area contributed by atoms with Crippen molar-refractivity contribution >= 4 is 5.78 Å².